The van der Waals surface area contributed by atoms with E-state index in [4.69, 9.17) is 4.74 Å². The first-order valence-electron chi connectivity index (χ1n) is 8.43. The fraction of sp³-hybridized carbons (Fsp3) is 0.611. The topological polar surface area (TPSA) is 63.7 Å². The van der Waals surface area contributed by atoms with Crippen LogP contribution in [0.4, 0.5) is 0 Å². The van der Waals surface area contributed by atoms with Crippen molar-refractivity contribution < 1.29 is 17.9 Å². The summed E-state index contributed by atoms with van der Waals surface area (Å²) in [7, 11) is -3.73. The maximum absolute atomic E-state index is 13.4. The van der Waals surface area contributed by atoms with E-state index in [2.05, 4.69) is 0 Å². The van der Waals surface area contributed by atoms with Crippen molar-refractivity contribution in [3.05, 3.63) is 27.8 Å². The van der Waals surface area contributed by atoms with Crippen LogP contribution in [0.1, 0.15) is 40.7 Å². The molecule has 2 fully saturated rings. The van der Waals surface area contributed by atoms with Gasteiger partial charge in [-0.15, -0.1) is 0 Å². The second-order valence-electron chi connectivity index (χ2n) is 7.02. The van der Waals surface area contributed by atoms with Crippen LogP contribution in [0.3, 0.4) is 0 Å². The Hall–Kier alpha value is -1.40. The van der Waals surface area contributed by atoms with Gasteiger partial charge in [0.1, 0.15) is 6.04 Å². The Bertz CT molecular complexity index is 784. The maximum Gasteiger partial charge on any atom is 0.324 e. The molecule has 132 valence electrons. The molecule has 0 aromatic heterocycles. The lowest BCUT2D eigenvalue weighted by atomic mass is 9.95. The van der Waals surface area contributed by atoms with Crippen molar-refractivity contribution >= 4 is 16.0 Å². The van der Waals surface area contributed by atoms with E-state index in [1.165, 1.54) is 4.31 Å². The number of benzene rings is 1. The second kappa shape index (κ2) is 5.85. The van der Waals surface area contributed by atoms with Gasteiger partial charge in [-0.1, -0.05) is 0 Å². The predicted molar refractivity (Wildman–Crippen MR) is 91.5 cm³/mol. The van der Waals surface area contributed by atoms with Crippen molar-refractivity contribution in [3.8, 4) is 0 Å². The number of fused-ring (bicyclic) bond motifs is 1. The van der Waals surface area contributed by atoms with Crippen LogP contribution in [0.25, 0.3) is 0 Å². The first kappa shape index (κ1) is 17.4. The largest absolute Gasteiger partial charge is 0.464 e. The molecule has 0 amide bonds. The summed E-state index contributed by atoms with van der Waals surface area (Å²) in [6, 6.07) is -0.663. The highest BCUT2D eigenvalue weighted by Gasteiger charge is 2.49. The van der Waals surface area contributed by atoms with Crippen LogP contribution < -0.4 is 0 Å². The summed E-state index contributed by atoms with van der Waals surface area (Å²) in [5.74, 6) is -0.322. The minimum atomic E-state index is -3.73. The molecule has 0 aliphatic carbocycles. The van der Waals surface area contributed by atoms with Gasteiger partial charge in [-0.2, -0.15) is 4.31 Å². The molecule has 2 aliphatic rings. The van der Waals surface area contributed by atoms with E-state index >= 15 is 0 Å². The number of sulfonamides is 1. The summed E-state index contributed by atoms with van der Waals surface area (Å²) < 4.78 is 33.3. The van der Waals surface area contributed by atoms with Gasteiger partial charge in [-0.05, 0) is 81.2 Å². The van der Waals surface area contributed by atoms with Gasteiger partial charge < -0.3 is 4.74 Å². The molecule has 0 N–H and O–H groups in total. The van der Waals surface area contributed by atoms with Crippen molar-refractivity contribution in [1.82, 2.24) is 4.31 Å². The van der Waals surface area contributed by atoms with Crippen LogP contribution in [0.5, 0.6) is 0 Å². The molecule has 2 heterocycles. The van der Waals surface area contributed by atoms with E-state index < -0.39 is 22.0 Å². The van der Waals surface area contributed by atoms with Gasteiger partial charge >= 0.3 is 5.97 Å². The van der Waals surface area contributed by atoms with E-state index in [9.17, 15) is 13.2 Å². The van der Waals surface area contributed by atoms with Crippen molar-refractivity contribution in [2.45, 2.75) is 58.4 Å². The second-order valence-corrected chi connectivity index (χ2v) is 8.85. The number of carbonyl (C=O) groups excluding carboxylic acids is 1. The Morgan fingerprint density at radius 1 is 0.917 bits per heavy atom. The SMILES string of the molecule is Cc1c(C)c(C)c(S(=O)(=O)N2CC[C@@H]3CCOC(=O)[C@H]32)c(C)c1C. The van der Waals surface area contributed by atoms with Crippen molar-refractivity contribution in [3.63, 3.8) is 0 Å². The Morgan fingerprint density at radius 2 is 1.46 bits per heavy atom. The smallest absolute Gasteiger partial charge is 0.324 e. The molecule has 1 aromatic carbocycles. The summed E-state index contributed by atoms with van der Waals surface area (Å²) >= 11 is 0. The van der Waals surface area contributed by atoms with Gasteiger partial charge in [0.2, 0.25) is 10.0 Å². The molecule has 0 unspecified atom stereocenters. The lowest BCUT2D eigenvalue weighted by Crippen LogP contribution is -2.47. The normalized spacial score (nSPS) is 24.8. The molecule has 24 heavy (non-hydrogen) atoms. The summed E-state index contributed by atoms with van der Waals surface area (Å²) in [6.45, 7) is 10.4. The average molecular weight is 351 g/mol. The van der Waals surface area contributed by atoms with Crippen LogP contribution >= 0.6 is 0 Å². The Morgan fingerprint density at radius 3 is 2.04 bits per heavy atom. The van der Waals surface area contributed by atoms with Gasteiger partial charge in [-0.25, -0.2) is 8.42 Å². The van der Waals surface area contributed by atoms with Crippen LogP contribution in [0.15, 0.2) is 4.90 Å². The quantitative estimate of drug-likeness (QED) is 0.768. The number of ether oxygens (including phenoxy) is 1. The molecule has 0 saturated carbocycles. The fourth-order valence-corrected chi connectivity index (χ4v) is 6.29. The van der Waals surface area contributed by atoms with Crippen LogP contribution in [0.2, 0.25) is 0 Å². The zero-order valence-electron chi connectivity index (χ0n) is 15.0. The molecular formula is C18H25NO4S. The first-order valence-corrected chi connectivity index (χ1v) is 9.87. The first-order chi connectivity index (χ1) is 11.2. The highest BCUT2D eigenvalue weighted by Crippen LogP contribution is 2.38. The summed E-state index contributed by atoms with van der Waals surface area (Å²) in [5, 5.41) is 0. The molecule has 0 radical (unpaired) electrons. The number of hydrogen-bond acceptors (Lipinski definition) is 4. The molecule has 2 saturated heterocycles. The molecule has 5 nitrogen and oxygen atoms in total. The van der Waals surface area contributed by atoms with Crippen LogP contribution in [-0.2, 0) is 19.6 Å². The zero-order valence-corrected chi connectivity index (χ0v) is 15.8. The van der Waals surface area contributed by atoms with Crippen molar-refractivity contribution in [2.24, 2.45) is 5.92 Å². The molecule has 0 bridgehead atoms. The number of rotatable bonds is 2. The van der Waals surface area contributed by atoms with Crippen molar-refractivity contribution in [2.75, 3.05) is 13.2 Å². The molecule has 0 spiro atoms. The predicted octanol–water partition coefficient (Wildman–Crippen LogP) is 2.55. The molecule has 2 atom stereocenters. The van der Waals surface area contributed by atoms with Crippen LogP contribution in [-0.4, -0.2) is 37.9 Å². The Kier molecular flexibility index (Phi) is 4.24. The van der Waals surface area contributed by atoms with Gasteiger partial charge in [0.05, 0.1) is 11.5 Å². The lowest BCUT2D eigenvalue weighted by molar-refractivity contribution is -0.153. The third-order valence-electron chi connectivity index (χ3n) is 5.95. The van der Waals surface area contributed by atoms with Crippen molar-refractivity contribution in [1.29, 1.82) is 0 Å². The number of carbonyl (C=O) groups is 1. The molecule has 1 aromatic rings. The van der Waals surface area contributed by atoms with E-state index in [0.717, 1.165) is 40.7 Å². The Balaban J connectivity index is 2.14. The Labute approximate surface area is 144 Å². The molecular weight excluding hydrogens is 326 g/mol. The minimum Gasteiger partial charge on any atom is -0.464 e. The number of nitrogens with zero attached hydrogens (tertiary/aromatic N) is 1. The summed E-state index contributed by atoms with van der Waals surface area (Å²) in [5.41, 5.74) is 4.68. The van der Waals surface area contributed by atoms with Gasteiger partial charge in [-0.3, -0.25) is 4.79 Å². The standard InChI is InChI=1S/C18H25NO4S/c1-10-11(2)13(4)17(14(5)12(10)3)24(21,22)19-8-6-15-7-9-23-18(20)16(15)19/h15-16H,6-9H2,1-5H3/t15-,16+/m1/s1. The maximum atomic E-state index is 13.4. The third-order valence-corrected chi connectivity index (χ3v) is 8.10. The number of cyclic esters (lactones) is 1. The lowest BCUT2D eigenvalue weighted by Gasteiger charge is -2.30. The fourth-order valence-electron chi connectivity index (χ4n) is 4.07. The summed E-state index contributed by atoms with van der Waals surface area (Å²) in [4.78, 5) is 12.6. The molecule has 6 heteroatoms. The van der Waals surface area contributed by atoms with E-state index in [-0.39, 0.29) is 5.92 Å². The summed E-state index contributed by atoms with van der Waals surface area (Å²) in [6.07, 6.45) is 1.47. The highest BCUT2D eigenvalue weighted by atomic mass is 32.2. The molecule has 2 aliphatic heterocycles. The average Bonchev–Trinajstić information content (AvgIpc) is 2.97. The third kappa shape index (κ3) is 2.39. The van der Waals surface area contributed by atoms with Gasteiger partial charge in [0.25, 0.3) is 0 Å². The number of esters is 1. The highest BCUT2D eigenvalue weighted by molar-refractivity contribution is 7.89. The van der Waals surface area contributed by atoms with E-state index in [1.54, 1.807) is 0 Å². The minimum absolute atomic E-state index is 0.0780. The van der Waals surface area contributed by atoms with Gasteiger partial charge in [0, 0.05) is 6.54 Å². The number of hydrogen-bond donors (Lipinski definition) is 0. The monoisotopic (exact) mass is 351 g/mol. The van der Waals surface area contributed by atoms with E-state index in [0.29, 0.717) is 18.0 Å². The van der Waals surface area contributed by atoms with Gasteiger partial charge in [0.15, 0.2) is 0 Å². The molecule has 3 rings (SSSR count). The van der Waals surface area contributed by atoms with Crippen LogP contribution in [0, 0.1) is 40.5 Å². The van der Waals surface area contributed by atoms with E-state index in [1.807, 2.05) is 34.6 Å². The zero-order chi connectivity index (χ0) is 17.8.